The van der Waals surface area contributed by atoms with Crippen LogP contribution in [0.1, 0.15) is 29.9 Å². The highest BCUT2D eigenvalue weighted by Gasteiger charge is 2.26. The first-order valence-electron chi connectivity index (χ1n) is 5.95. The van der Waals surface area contributed by atoms with Crippen molar-refractivity contribution in [1.29, 1.82) is 5.26 Å². The maximum Gasteiger partial charge on any atom is 0.216 e. The Morgan fingerprint density at radius 1 is 1.44 bits per heavy atom. The van der Waals surface area contributed by atoms with Crippen LogP contribution in [0.25, 0.3) is 11.1 Å². The first-order valence-corrected chi connectivity index (χ1v) is 5.95. The number of H-pyrrole nitrogens is 1. The predicted molar refractivity (Wildman–Crippen MR) is 67.3 cm³/mol. The van der Waals surface area contributed by atoms with E-state index in [0.29, 0.717) is 11.8 Å². The third kappa shape index (κ3) is 1.74. The molecule has 1 saturated carbocycles. The van der Waals surface area contributed by atoms with Gasteiger partial charge in [0.05, 0.1) is 30.5 Å². The molecule has 0 saturated heterocycles. The number of rotatable bonds is 3. The summed E-state index contributed by atoms with van der Waals surface area (Å²) >= 11 is 0. The van der Waals surface area contributed by atoms with Gasteiger partial charge in [-0.3, -0.25) is 0 Å². The zero-order valence-corrected chi connectivity index (χ0v) is 10.1. The summed E-state index contributed by atoms with van der Waals surface area (Å²) in [6.07, 6.45) is 4.11. The van der Waals surface area contributed by atoms with Crippen molar-refractivity contribution in [2.45, 2.75) is 18.8 Å². The number of benzene rings is 1. The summed E-state index contributed by atoms with van der Waals surface area (Å²) in [5.74, 6) is 1.21. The third-order valence-corrected chi connectivity index (χ3v) is 3.31. The highest BCUT2D eigenvalue weighted by atomic mass is 16.5. The predicted octanol–water partition coefficient (Wildman–Crippen LogP) is 2.83. The number of methoxy groups -OCH3 is 1. The van der Waals surface area contributed by atoms with Gasteiger partial charge in [-0.25, -0.2) is 5.10 Å². The number of hydrogen-bond acceptors (Lipinski definition) is 3. The van der Waals surface area contributed by atoms with E-state index < -0.39 is 0 Å². The number of nitriles is 1. The van der Waals surface area contributed by atoms with Crippen molar-refractivity contribution < 1.29 is 4.74 Å². The second kappa shape index (κ2) is 4.19. The minimum absolute atomic E-state index is 0.553. The van der Waals surface area contributed by atoms with Crippen LogP contribution >= 0.6 is 0 Å². The van der Waals surface area contributed by atoms with E-state index in [4.69, 9.17) is 10.00 Å². The minimum atomic E-state index is 0.553. The van der Waals surface area contributed by atoms with Crippen LogP contribution in [0.5, 0.6) is 5.88 Å². The Balaban J connectivity index is 2.08. The Hall–Kier alpha value is -2.28. The lowest BCUT2D eigenvalue weighted by Gasteiger charge is -2.06. The molecule has 0 amide bonds. The molecule has 90 valence electrons. The normalized spacial score (nSPS) is 14.2. The number of nitrogens with one attached hydrogen (secondary N) is 1. The van der Waals surface area contributed by atoms with E-state index in [0.717, 1.165) is 22.3 Å². The van der Waals surface area contributed by atoms with Crippen LogP contribution in [0, 0.1) is 11.3 Å². The lowest BCUT2D eigenvalue weighted by Crippen LogP contribution is -1.90. The molecule has 4 nitrogen and oxygen atoms in total. The highest BCUT2D eigenvalue weighted by molar-refractivity contribution is 5.70. The lowest BCUT2D eigenvalue weighted by atomic mass is 9.98. The Morgan fingerprint density at radius 3 is 2.94 bits per heavy atom. The number of hydrogen-bond donors (Lipinski definition) is 1. The van der Waals surface area contributed by atoms with Gasteiger partial charge in [0.2, 0.25) is 5.88 Å². The van der Waals surface area contributed by atoms with Crippen LogP contribution < -0.4 is 4.74 Å². The molecule has 1 fully saturated rings. The van der Waals surface area contributed by atoms with Crippen LogP contribution in [0.4, 0.5) is 0 Å². The van der Waals surface area contributed by atoms with Crippen LogP contribution in [-0.4, -0.2) is 17.3 Å². The van der Waals surface area contributed by atoms with E-state index in [1.54, 1.807) is 13.3 Å². The molecule has 0 atom stereocenters. The van der Waals surface area contributed by atoms with Crippen molar-refractivity contribution >= 4 is 0 Å². The molecule has 1 aliphatic rings. The fourth-order valence-corrected chi connectivity index (χ4v) is 2.20. The summed E-state index contributed by atoms with van der Waals surface area (Å²) in [7, 11) is 1.61. The average molecular weight is 239 g/mol. The summed E-state index contributed by atoms with van der Waals surface area (Å²) in [6, 6.07) is 8.18. The molecule has 18 heavy (non-hydrogen) atoms. The molecule has 0 aliphatic heterocycles. The SMILES string of the molecule is COc1[nH]ncc1-c1ccc(C#N)c(C2CC2)c1. The van der Waals surface area contributed by atoms with Gasteiger partial charge < -0.3 is 4.74 Å². The van der Waals surface area contributed by atoms with Crippen LogP contribution in [-0.2, 0) is 0 Å². The monoisotopic (exact) mass is 239 g/mol. The molecular weight excluding hydrogens is 226 g/mol. The van der Waals surface area contributed by atoms with Gasteiger partial charge >= 0.3 is 0 Å². The van der Waals surface area contributed by atoms with Gasteiger partial charge in [0, 0.05) is 0 Å². The van der Waals surface area contributed by atoms with Gasteiger partial charge in [-0.2, -0.15) is 10.4 Å². The van der Waals surface area contributed by atoms with Crippen molar-refractivity contribution in [2.75, 3.05) is 7.11 Å². The molecule has 1 aromatic carbocycles. The molecule has 1 heterocycles. The second-order valence-electron chi connectivity index (χ2n) is 4.51. The molecule has 3 rings (SSSR count). The van der Waals surface area contributed by atoms with E-state index in [1.807, 2.05) is 12.1 Å². The van der Waals surface area contributed by atoms with Crippen LogP contribution in [0.2, 0.25) is 0 Å². The summed E-state index contributed by atoms with van der Waals surface area (Å²) in [4.78, 5) is 0. The average Bonchev–Trinajstić information content (AvgIpc) is 3.15. The smallest absolute Gasteiger partial charge is 0.216 e. The van der Waals surface area contributed by atoms with Crippen molar-refractivity contribution in [1.82, 2.24) is 10.2 Å². The van der Waals surface area contributed by atoms with Gasteiger partial charge in [0.15, 0.2) is 0 Å². The summed E-state index contributed by atoms with van der Waals surface area (Å²) in [5.41, 5.74) is 3.91. The highest BCUT2D eigenvalue weighted by Crippen LogP contribution is 2.43. The number of nitrogens with zero attached hydrogens (tertiary/aromatic N) is 2. The number of aromatic amines is 1. The fourth-order valence-electron chi connectivity index (χ4n) is 2.20. The van der Waals surface area contributed by atoms with E-state index >= 15 is 0 Å². The van der Waals surface area contributed by atoms with Crippen LogP contribution in [0.3, 0.4) is 0 Å². The standard InChI is InChI=1S/C14H13N3O/c1-18-14-13(8-16-17-14)10-4-5-11(7-15)12(6-10)9-2-3-9/h4-6,8-9H,2-3H2,1H3,(H,16,17). The molecule has 0 bridgehead atoms. The number of aromatic nitrogens is 2. The Labute approximate surface area is 105 Å². The molecule has 1 aliphatic carbocycles. The second-order valence-corrected chi connectivity index (χ2v) is 4.51. The molecule has 1 aromatic heterocycles. The summed E-state index contributed by atoms with van der Waals surface area (Å²) in [6.45, 7) is 0. The van der Waals surface area contributed by atoms with Gasteiger partial charge in [-0.15, -0.1) is 0 Å². The molecule has 2 aromatic rings. The van der Waals surface area contributed by atoms with Crippen molar-refractivity contribution in [3.8, 4) is 23.1 Å². The van der Waals surface area contributed by atoms with E-state index in [9.17, 15) is 0 Å². The Kier molecular flexibility index (Phi) is 2.52. The maximum absolute atomic E-state index is 9.12. The zero-order valence-electron chi connectivity index (χ0n) is 10.1. The lowest BCUT2D eigenvalue weighted by molar-refractivity contribution is 0.398. The maximum atomic E-state index is 9.12. The molecule has 0 unspecified atom stereocenters. The van der Waals surface area contributed by atoms with Gasteiger partial charge in [0.25, 0.3) is 0 Å². The van der Waals surface area contributed by atoms with E-state index in [2.05, 4.69) is 22.3 Å². The minimum Gasteiger partial charge on any atom is -0.481 e. The summed E-state index contributed by atoms with van der Waals surface area (Å²) in [5, 5.41) is 15.9. The Bertz CT molecular complexity index is 620. The molecule has 0 radical (unpaired) electrons. The fraction of sp³-hybridized carbons (Fsp3) is 0.286. The van der Waals surface area contributed by atoms with Crippen molar-refractivity contribution in [3.63, 3.8) is 0 Å². The van der Waals surface area contributed by atoms with Gasteiger partial charge in [-0.1, -0.05) is 6.07 Å². The van der Waals surface area contributed by atoms with Crippen LogP contribution in [0.15, 0.2) is 24.4 Å². The molecule has 0 spiro atoms. The molecular formula is C14H13N3O. The van der Waals surface area contributed by atoms with Gasteiger partial charge in [-0.05, 0) is 42.0 Å². The number of ether oxygens (including phenoxy) is 1. The first-order chi connectivity index (χ1) is 8.83. The van der Waals surface area contributed by atoms with Crippen molar-refractivity contribution in [3.05, 3.63) is 35.5 Å². The summed E-state index contributed by atoms with van der Waals surface area (Å²) < 4.78 is 5.23. The van der Waals surface area contributed by atoms with Gasteiger partial charge in [0.1, 0.15) is 0 Å². The third-order valence-electron chi connectivity index (χ3n) is 3.31. The molecule has 4 heteroatoms. The molecule has 1 N–H and O–H groups in total. The van der Waals surface area contributed by atoms with E-state index in [-0.39, 0.29) is 0 Å². The quantitative estimate of drug-likeness (QED) is 0.895. The van der Waals surface area contributed by atoms with Crippen molar-refractivity contribution in [2.24, 2.45) is 0 Å². The zero-order chi connectivity index (χ0) is 12.5. The Morgan fingerprint density at radius 2 is 2.28 bits per heavy atom. The van der Waals surface area contributed by atoms with E-state index in [1.165, 1.54) is 12.8 Å². The topological polar surface area (TPSA) is 61.7 Å². The first kappa shape index (κ1) is 10.8. The largest absolute Gasteiger partial charge is 0.481 e.